The van der Waals surface area contributed by atoms with Gasteiger partial charge in [-0.05, 0) is 30.9 Å². The lowest BCUT2D eigenvalue weighted by Gasteiger charge is -2.35. The van der Waals surface area contributed by atoms with Crippen LogP contribution in [0.3, 0.4) is 0 Å². The molecule has 1 aromatic carbocycles. The average Bonchev–Trinajstić information content (AvgIpc) is 3.40. The van der Waals surface area contributed by atoms with Crippen LogP contribution in [0.4, 0.5) is 5.13 Å². The maximum absolute atomic E-state index is 12.6. The van der Waals surface area contributed by atoms with Gasteiger partial charge < -0.3 is 9.80 Å². The molecule has 8 heteroatoms. The van der Waals surface area contributed by atoms with Gasteiger partial charge in [-0.3, -0.25) is 9.69 Å². The van der Waals surface area contributed by atoms with Crippen LogP contribution >= 0.6 is 23.1 Å². The highest BCUT2D eigenvalue weighted by Crippen LogP contribution is 2.30. The Morgan fingerprint density at radius 3 is 2.57 bits per heavy atom. The highest BCUT2D eigenvalue weighted by Gasteiger charge is 2.22. The van der Waals surface area contributed by atoms with Crippen molar-refractivity contribution >= 4 is 34.1 Å². The fourth-order valence-corrected chi connectivity index (χ4v) is 5.49. The van der Waals surface area contributed by atoms with Crippen LogP contribution in [0, 0.1) is 6.92 Å². The summed E-state index contributed by atoms with van der Waals surface area (Å²) in [6, 6.07) is 8.54. The third-order valence-corrected chi connectivity index (χ3v) is 7.57. The van der Waals surface area contributed by atoms with Crippen molar-refractivity contribution < 1.29 is 4.79 Å². The Bertz CT molecular complexity index is 797. The van der Waals surface area contributed by atoms with Crippen LogP contribution in [0.2, 0.25) is 0 Å². The molecule has 2 aromatic rings. The van der Waals surface area contributed by atoms with Crippen LogP contribution in [0.25, 0.3) is 0 Å². The zero-order chi connectivity index (χ0) is 19.3. The van der Waals surface area contributed by atoms with Crippen molar-refractivity contribution in [1.29, 1.82) is 0 Å². The minimum absolute atomic E-state index is 0.207. The zero-order valence-corrected chi connectivity index (χ0v) is 18.0. The van der Waals surface area contributed by atoms with Gasteiger partial charge in [-0.15, -0.1) is 10.2 Å². The molecule has 0 N–H and O–H groups in total. The molecule has 2 aliphatic heterocycles. The molecular formula is C20H27N5OS2. The summed E-state index contributed by atoms with van der Waals surface area (Å²) in [5, 5.41) is 9.54. The lowest BCUT2D eigenvalue weighted by Crippen LogP contribution is -2.48. The summed E-state index contributed by atoms with van der Waals surface area (Å²) in [5.74, 6) is 0.658. The number of nitrogens with zero attached hydrogens (tertiary/aromatic N) is 5. The Morgan fingerprint density at radius 2 is 1.82 bits per heavy atom. The van der Waals surface area contributed by atoms with Gasteiger partial charge in [0, 0.05) is 45.8 Å². The molecule has 3 heterocycles. The molecule has 6 nitrogen and oxygen atoms in total. The van der Waals surface area contributed by atoms with Crippen molar-refractivity contribution in [2.75, 3.05) is 49.9 Å². The quantitative estimate of drug-likeness (QED) is 0.674. The highest BCUT2D eigenvalue weighted by atomic mass is 32.2. The smallest absolute Gasteiger partial charge is 0.233 e. The largest absolute Gasteiger partial charge is 0.347 e. The van der Waals surface area contributed by atoms with Gasteiger partial charge in [-0.1, -0.05) is 47.4 Å². The fraction of sp³-hybridized carbons (Fsp3) is 0.550. The molecule has 0 saturated carbocycles. The lowest BCUT2D eigenvalue weighted by molar-refractivity contribution is -0.130. The van der Waals surface area contributed by atoms with Crippen LogP contribution in [-0.2, 0) is 11.3 Å². The third-order valence-electron chi connectivity index (χ3n) is 5.47. The standard InChI is InChI=1S/C20H27N5OS2/c1-16-6-2-3-7-17(16)14-23-10-12-24(13-11-23)18(26)15-27-20-22-21-19(28-20)25-8-4-5-9-25/h2-3,6-7H,4-5,8-15H2,1H3. The molecule has 0 unspecified atom stereocenters. The number of aromatic nitrogens is 2. The second kappa shape index (κ2) is 9.24. The molecule has 2 fully saturated rings. The number of amides is 1. The first-order chi connectivity index (χ1) is 13.7. The SMILES string of the molecule is Cc1ccccc1CN1CCN(C(=O)CSc2nnc(N3CCCC3)s2)CC1. The lowest BCUT2D eigenvalue weighted by atomic mass is 10.1. The Morgan fingerprint density at radius 1 is 1.07 bits per heavy atom. The minimum Gasteiger partial charge on any atom is -0.347 e. The molecule has 0 spiro atoms. The first kappa shape index (κ1) is 19.7. The van der Waals surface area contributed by atoms with Crippen LogP contribution in [-0.4, -0.2) is 70.9 Å². The van der Waals surface area contributed by atoms with Gasteiger partial charge in [0.15, 0.2) is 4.34 Å². The molecule has 2 aliphatic rings. The Hall–Kier alpha value is -1.64. The summed E-state index contributed by atoms with van der Waals surface area (Å²) >= 11 is 3.13. The number of anilines is 1. The van der Waals surface area contributed by atoms with Gasteiger partial charge in [0.2, 0.25) is 11.0 Å². The number of carbonyl (C=O) groups excluding carboxylic acids is 1. The number of aryl methyl sites for hydroxylation is 1. The summed E-state index contributed by atoms with van der Waals surface area (Å²) in [6.45, 7) is 8.75. The molecule has 4 rings (SSSR count). The van der Waals surface area contributed by atoms with Crippen LogP contribution in [0.15, 0.2) is 28.6 Å². The number of hydrogen-bond donors (Lipinski definition) is 0. The highest BCUT2D eigenvalue weighted by molar-refractivity contribution is 8.01. The Kier molecular flexibility index (Phi) is 6.49. The van der Waals surface area contributed by atoms with Gasteiger partial charge in [-0.25, -0.2) is 0 Å². The average molecular weight is 418 g/mol. The van der Waals surface area contributed by atoms with Gasteiger partial charge in [0.25, 0.3) is 0 Å². The van der Waals surface area contributed by atoms with E-state index in [-0.39, 0.29) is 5.91 Å². The first-order valence-corrected chi connectivity index (χ1v) is 11.7. The summed E-state index contributed by atoms with van der Waals surface area (Å²) in [4.78, 5) is 19.3. The Balaban J connectivity index is 1.21. The maximum Gasteiger partial charge on any atom is 0.233 e. The zero-order valence-electron chi connectivity index (χ0n) is 16.3. The van der Waals surface area contributed by atoms with Crippen molar-refractivity contribution in [1.82, 2.24) is 20.0 Å². The van der Waals surface area contributed by atoms with Crippen molar-refractivity contribution in [2.24, 2.45) is 0 Å². The van der Waals surface area contributed by atoms with Crippen molar-refractivity contribution in [2.45, 2.75) is 30.6 Å². The second-order valence-corrected chi connectivity index (χ2v) is 9.60. The Labute approximate surface area is 174 Å². The molecule has 0 radical (unpaired) electrons. The number of thioether (sulfide) groups is 1. The molecule has 0 aliphatic carbocycles. The first-order valence-electron chi connectivity index (χ1n) is 9.95. The molecule has 0 atom stereocenters. The second-order valence-electron chi connectivity index (χ2n) is 7.42. The van der Waals surface area contributed by atoms with Crippen molar-refractivity contribution in [3.8, 4) is 0 Å². The van der Waals surface area contributed by atoms with E-state index < -0.39 is 0 Å². The van der Waals surface area contributed by atoms with Crippen LogP contribution < -0.4 is 4.90 Å². The molecule has 1 aromatic heterocycles. The number of rotatable bonds is 6. The minimum atomic E-state index is 0.207. The van der Waals surface area contributed by atoms with Gasteiger partial charge in [-0.2, -0.15) is 0 Å². The molecule has 0 bridgehead atoms. The fourth-order valence-electron chi connectivity index (χ4n) is 3.70. The van der Waals surface area contributed by atoms with E-state index in [0.717, 1.165) is 55.3 Å². The van der Waals surface area contributed by atoms with E-state index in [1.165, 1.54) is 35.7 Å². The summed E-state index contributed by atoms with van der Waals surface area (Å²) in [6.07, 6.45) is 2.47. The molecule has 1 amide bonds. The van der Waals surface area contributed by atoms with Crippen LogP contribution in [0.1, 0.15) is 24.0 Å². The predicted octanol–water partition coefficient (Wildman–Crippen LogP) is 2.88. The monoisotopic (exact) mass is 417 g/mol. The van der Waals surface area contributed by atoms with Crippen molar-refractivity contribution in [3.63, 3.8) is 0 Å². The van der Waals surface area contributed by atoms with Gasteiger partial charge in [0.1, 0.15) is 0 Å². The molecule has 28 heavy (non-hydrogen) atoms. The van der Waals surface area contributed by atoms with Gasteiger partial charge in [0.05, 0.1) is 5.75 Å². The van der Waals surface area contributed by atoms with E-state index in [1.54, 1.807) is 11.3 Å². The van der Waals surface area contributed by atoms with E-state index in [4.69, 9.17) is 0 Å². The van der Waals surface area contributed by atoms with Gasteiger partial charge >= 0.3 is 0 Å². The number of piperazine rings is 1. The van der Waals surface area contributed by atoms with Crippen LogP contribution in [0.5, 0.6) is 0 Å². The third kappa shape index (κ3) is 4.85. The molecule has 2 saturated heterocycles. The maximum atomic E-state index is 12.6. The van der Waals surface area contributed by atoms with E-state index >= 15 is 0 Å². The van der Waals surface area contributed by atoms with E-state index in [1.807, 2.05) is 4.90 Å². The summed E-state index contributed by atoms with van der Waals surface area (Å²) < 4.78 is 0.897. The van der Waals surface area contributed by atoms with Crippen molar-refractivity contribution in [3.05, 3.63) is 35.4 Å². The molecule has 150 valence electrons. The summed E-state index contributed by atoms with van der Waals surface area (Å²) in [5.41, 5.74) is 2.71. The van der Waals surface area contributed by atoms with E-state index in [9.17, 15) is 4.79 Å². The van der Waals surface area contributed by atoms with E-state index in [2.05, 4.69) is 51.2 Å². The topological polar surface area (TPSA) is 52.6 Å². The summed E-state index contributed by atoms with van der Waals surface area (Å²) in [7, 11) is 0. The predicted molar refractivity (Wildman–Crippen MR) is 115 cm³/mol. The number of hydrogen-bond acceptors (Lipinski definition) is 7. The number of benzene rings is 1. The molecular weight excluding hydrogens is 390 g/mol. The normalized spacial score (nSPS) is 18.0. The number of carbonyl (C=O) groups is 1. The van der Waals surface area contributed by atoms with E-state index in [0.29, 0.717) is 5.75 Å².